The SMILES string of the molecule is CC(CC(=O)NC(CCCO)c1ccccc1)c1cccc(F)c1. The first-order valence-corrected chi connectivity index (χ1v) is 8.30. The number of aliphatic hydroxyl groups excluding tert-OH is 1. The van der Waals surface area contributed by atoms with Gasteiger partial charge in [-0.2, -0.15) is 0 Å². The minimum Gasteiger partial charge on any atom is -0.396 e. The van der Waals surface area contributed by atoms with Crippen LogP contribution in [0.3, 0.4) is 0 Å². The smallest absolute Gasteiger partial charge is 0.221 e. The fourth-order valence-electron chi connectivity index (χ4n) is 2.77. The van der Waals surface area contributed by atoms with Crippen LogP contribution in [0.4, 0.5) is 4.39 Å². The predicted molar refractivity (Wildman–Crippen MR) is 93.1 cm³/mol. The highest BCUT2D eigenvalue weighted by Gasteiger charge is 2.17. The summed E-state index contributed by atoms with van der Waals surface area (Å²) in [6.45, 7) is 2.01. The molecule has 0 fully saturated rings. The molecule has 0 heterocycles. The Hall–Kier alpha value is -2.20. The van der Waals surface area contributed by atoms with E-state index in [2.05, 4.69) is 5.32 Å². The van der Waals surface area contributed by atoms with Crippen LogP contribution in [0, 0.1) is 5.82 Å². The number of carbonyl (C=O) groups is 1. The summed E-state index contributed by atoms with van der Waals surface area (Å²) in [5.41, 5.74) is 1.84. The van der Waals surface area contributed by atoms with E-state index in [9.17, 15) is 9.18 Å². The van der Waals surface area contributed by atoms with E-state index in [-0.39, 0.29) is 30.3 Å². The third-order valence-corrected chi connectivity index (χ3v) is 4.10. The Morgan fingerprint density at radius 2 is 1.83 bits per heavy atom. The van der Waals surface area contributed by atoms with Crippen molar-refractivity contribution in [1.29, 1.82) is 0 Å². The van der Waals surface area contributed by atoms with Crippen LogP contribution in [-0.2, 0) is 4.79 Å². The molecular weight excluding hydrogens is 305 g/mol. The topological polar surface area (TPSA) is 49.3 Å². The van der Waals surface area contributed by atoms with Gasteiger partial charge in [-0.1, -0.05) is 49.4 Å². The van der Waals surface area contributed by atoms with Crippen molar-refractivity contribution in [2.24, 2.45) is 0 Å². The van der Waals surface area contributed by atoms with E-state index in [4.69, 9.17) is 5.11 Å². The van der Waals surface area contributed by atoms with Crippen molar-refractivity contribution in [2.45, 2.75) is 38.1 Å². The van der Waals surface area contributed by atoms with Gasteiger partial charge in [0.2, 0.25) is 5.91 Å². The molecule has 2 rings (SSSR count). The summed E-state index contributed by atoms with van der Waals surface area (Å²) in [7, 11) is 0. The fraction of sp³-hybridized carbons (Fsp3) is 0.350. The van der Waals surface area contributed by atoms with Crippen molar-refractivity contribution >= 4 is 5.91 Å². The van der Waals surface area contributed by atoms with Crippen molar-refractivity contribution < 1.29 is 14.3 Å². The van der Waals surface area contributed by atoms with E-state index >= 15 is 0 Å². The quantitative estimate of drug-likeness (QED) is 0.770. The molecule has 0 saturated heterocycles. The molecule has 128 valence electrons. The first-order chi connectivity index (χ1) is 11.6. The Morgan fingerprint density at radius 1 is 1.12 bits per heavy atom. The fourth-order valence-corrected chi connectivity index (χ4v) is 2.77. The van der Waals surface area contributed by atoms with E-state index in [0.29, 0.717) is 19.3 Å². The van der Waals surface area contributed by atoms with E-state index in [0.717, 1.165) is 11.1 Å². The van der Waals surface area contributed by atoms with Crippen molar-refractivity contribution in [1.82, 2.24) is 5.32 Å². The van der Waals surface area contributed by atoms with E-state index in [1.54, 1.807) is 6.07 Å². The van der Waals surface area contributed by atoms with E-state index in [1.807, 2.05) is 43.3 Å². The molecule has 2 atom stereocenters. The molecule has 1 amide bonds. The normalized spacial score (nSPS) is 13.3. The first-order valence-electron chi connectivity index (χ1n) is 8.30. The van der Waals surface area contributed by atoms with Crippen molar-refractivity contribution in [2.75, 3.05) is 6.61 Å². The van der Waals surface area contributed by atoms with Gasteiger partial charge in [-0.15, -0.1) is 0 Å². The van der Waals surface area contributed by atoms with Gasteiger partial charge in [0.25, 0.3) is 0 Å². The zero-order valence-electron chi connectivity index (χ0n) is 13.9. The largest absolute Gasteiger partial charge is 0.396 e. The van der Waals surface area contributed by atoms with Crippen molar-refractivity contribution in [3.05, 3.63) is 71.5 Å². The molecule has 0 radical (unpaired) electrons. The van der Waals surface area contributed by atoms with Crippen LogP contribution in [0.5, 0.6) is 0 Å². The molecule has 0 bridgehead atoms. The lowest BCUT2D eigenvalue weighted by molar-refractivity contribution is -0.122. The van der Waals surface area contributed by atoms with Crippen LogP contribution in [0.2, 0.25) is 0 Å². The summed E-state index contributed by atoms with van der Waals surface area (Å²) in [6.07, 6.45) is 1.60. The lowest BCUT2D eigenvalue weighted by Gasteiger charge is -2.20. The summed E-state index contributed by atoms with van der Waals surface area (Å²) >= 11 is 0. The number of halogens is 1. The Bertz CT molecular complexity index is 645. The second kappa shape index (κ2) is 9.18. The van der Waals surface area contributed by atoms with Gasteiger partial charge in [-0.3, -0.25) is 4.79 Å². The Balaban J connectivity index is 1.99. The highest BCUT2D eigenvalue weighted by molar-refractivity contribution is 5.77. The molecule has 0 aliphatic rings. The van der Waals surface area contributed by atoms with Crippen molar-refractivity contribution in [3.8, 4) is 0 Å². The van der Waals surface area contributed by atoms with Gasteiger partial charge >= 0.3 is 0 Å². The minimum atomic E-state index is -0.287. The van der Waals surface area contributed by atoms with Crippen LogP contribution < -0.4 is 5.32 Å². The number of aliphatic hydroxyl groups is 1. The average molecular weight is 329 g/mol. The molecule has 0 spiro atoms. The highest BCUT2D eigenvalue weighted by atomic mass is 19.1. The molecule has 24 heavy (non-hydrogen) atoms. The molecule has 2 unspecified atom stereocenters. The minimum absolute atomic E-state index is 0.0602. The summed E-state index contributed by atoms with van der Waals surface area (Å²) in [4.78, 5) is 12.4. The maximum atomic E-state index is 13.3. The number of carbonyl (C=O) groups excluding carboxylic acids is 1. The van der Waals surface area contributed by atoms with E-state index < -0.39 is 0 Å². The molecule has 2 N–H and O–H groups in total. The second-order valence-electron chi connectivity index (χ2n) is 6.06. The first kappa shape index (κ1) is 18.1. The zero-order valence-corrected chi connectivity index (χ0v) is 13.9. The van der Waals surface area contributed by atoms with Gasteiger partial charge in [-0.25, -0.2) is 4.39 Å². The molecule has 2 aromatic rings. The van der Waals surface area contributed by atoms with Gasteiger partial charge in [0.15, 0.2) is 0 Å². The Labute approximate surface area is 142 Å². The lowest BCUT2D eigenvalue weighted by Crippen LogP contribution is -2.29. The standard InChI is InChI=1S/C20H24FNO2/c1-15(17-9-5-10-18(21)14-17)13-20(24)22-19(11-6-12-23)16-7-3-2-4-8-16/h2-5,7-10,14-15,19,23H,6,11-13H2,1H3,(H,22,24). The monoisotopic (exact) mass is 329 g/mol. The summed E-state index contributed by atoms with van der Waals surface area (Å²) in [5, 5.41) is 12.1. The number of hydrogen-bond acceptors (Lipinski definition) is 2. The molecule has 0 aromatic heterocycles. The lowest BCUT2D eigenvalue weighted by atomic mass is 9.96. The van der Waals surface area contributed by atoms with Crippen LogP contribution in [0.15, 0.2) is 54.6 Å². The van der Waals surface area contributed by atoms with E-state index in [1.165, 1.54) is 12.1 Å². The molecule has 2 aromatic carbocycles. The predicted octanol–water partition coefficient (Wildman–Crippen LogP) is 3.95. The van der Waals surface area contributed by atoms with Gasteiger partial charge in [0.1, 0.15) is 5.82 Å². The molecule has 4 heteroatoms. The van der Waals surface area contributed by atoms with Crippen LogP contribution in [0.25, 0.3) is 0 Å². The summed E-state index contributed by atoms with van der Waals surface area (Å²) in [5.74, 6) is -0.418. The van der Waals surface area contributed by atoms with Gasteiger partial charge < -0.3 is 10.4 Å². The number of nitrogens with one attached hydrogen (secondary N) is 1. The summed E-state index contributed by atoms with van der Waals surface area (Å²) < 4.78 is 13.3. The summed E-state index contributed by atoms with van der Waals surface area (Å²) in [6, 6.07) is 16.0. The Kier molecular flexibility index (Phi) is 6.94. The molecule has 3 nitrogen and oxygen atoms in total. The van der Waals surface area contributed by atoms with Crippen LogP contribution in [0.1, 0.15) is 49.3 Å². The van der Waals surface area contributed by atoms with Crippen molar-refractivity contribution in [3.63, 3.8) is 0 Å². The molecular formula is C20H24FNO2. The maximum absolute atomic E-state index is 13.3. The zero-order chi connectivity index (χ0) is 17.4. The van der Waals surface area contributed by atoms with Crippen LogP contribution >= 0.6 is 0 Å². The second-order valence-corrected chi connectivity index (χ2v) is 6.06. The van der Waals surface area contributed by atoms with Gasteiger partial charge in [0, 0.05) is 13.0 Å². The molecule has 0 aliphatic carbocycles. The molecule has 0 saturated carbocycles. The molecule has 0 aliphatic heterocycles. The van der Waals surface area contributed by atoms with Gasteiger partial charge in [-0.05, 0) is 42.0 Å². The van der Waals surface area contributed by atoms with Gasteiger partial charge in [0.05, 0.1) is 6.04 Å². The van der Waals surface area contributed by atoms with Crippen LogP contribution in [-0.4, -0.2) is 17.6 Å². The number of rotatable bonds is 8. The third kappa shape index (κ3) is 5.46. The number of amides is 1. The highest BCUT2D eigenvalue weighted by Crippen LogP contribution is 2.22. The third-order valence-electron chi connectivity index (χ3n) is 4.10. The maximum Gasteiger partial charge on any atom is 0.221 e. The number of hydrogen-bond donors (Lipinski definition) is 2. The average Bonchev–Trinajstić information content (AvgIpc) is 2.59. The number of benzene rings is 2. The Morgan fingerprint density at radius 3 is 2.50 bits per heavy atom.